The summed E-state index contributed by atoms with van der Waals surface area (Å²) in [6.07, 6.45) is -8.54. The molecule has 0 aliphatic heterocycles. The fraction of sp³-hybridized carbons (Fsp3) is 0.375. The van der Waals surface area contributed by atoms with Crippen molar-refractivity contribution in [3.05, 3.63) is 28.8 Å². The highest BCUT2D eigenvalue weighted by Crippen LogP contribution is 2.37. The lowest BCUT2D eigenvalue weighted by atomic mass is 10.1. The molecule has 8 heteroatoms. The molecule has 1 heterocycles. The lowest BCUT2D eigenvalue weighted by molar-refractivity contribution is -0.143. The predicted molar refractivity (Wildman–Crippen MR) is 40.1 cm³/mol. The standard InChI is InChI=1S/C8H5F6NO/c9-4-1-15-6(8(12,13)14)5(7(10)11)3(4)2-16/h1,7,16H,2H2. The van der Waals surface area contributed by atoms with Crippen molar-refractivity contribution in [1.82, 2.24) is 4.98 Å². The molecule has 1 aromatic heterocycles. The fourth-order valence-electron chi connectivity index (χ4n) is 1.16. The highest BCUT2D eigenvalue weighted by molar-refractivity contribution is 5.33. The highest BCUT2D eigenvalue weighted by atomic mass is 19.4. The summed E-state index contributed by atoms with van der Waals surface area (Å²) in [6.45, 7) is -1.25. The first kappa shape index (κ1) is 12.8. The smallest absolute Gasteiger partial charge is 0.392 e. The summed E-state index contributed by atoms with van der Waals surface area (Å²) in [5.74, 6) is -1.40. The van der Waals surface area contributed by atoms with Gasteiger partial charge >= 0.3 is 6.18 Å². The third-order valence-electron chi connectivity index (χ3n) is 1.82. The Balaban J connectivity index is 3.52. The number of aliphatic hydroxyl groups excluding tert-OH is 1. The van der Waals surface area contributed by atoms with Crippen molar-refractivity contribution in [2.24, 2.45) is 0 Å². The van der Waals surface area contributed by atoms with E-state index in [0.717, 1.165) is 0 Å². The minimum absolute atomic E-state index is 0.153. The largest absolute Gasteiger partial charge is 0.433 e. The molecule has 90 valence electrons. The average Bonchev–Trinajstić information content (AvgIpc) is 2.14. The van der Waals surface area contributed by atoms with Crippen LogP contribution in [-0.2, 0) is 12.8 Å². The van der Waals surface area contributed by atoms with Crippen molar-refractivity contribution in [3.63, 3.8) is 0 Å². The SMILES string of the molecule is OCc1c(F)cnc(C(F)(F)F)c1C(F)F. The second-order valence-corrected chi connectivity index (χ2v) is 2.80. The number of halogens is 6. The van der Waals surface area contributed by atoms with Crippen molar-refractivity contribution >= 4 is 0 Å². The summed E-state index contributed by atoms with van der Waals surface area (Å²) >= 11 is 0. The molecule has 0 aliphatic rings. The van der Waals surface area contributed by atoms with E-state index in [0.29, 0.717) is 0 Å². The first-order chi connectivity index (χ1) is 7.29. The van der Waals surface area contributed by atoms with Gasteiger partial charge in [0.25, 0.3) is 6.43 Å². The Hall–Kier alpha value is -1.31. The fourth-order valence-corrected chi connectivity index (χ4v) is 1.16. The van der Waals surface area contributed by atoms with Crippen molar-refractivity contribution in [3.8, 4) is 0 Å². The summed E-state index contributed by atoms with van der Waals surface area (Å²) in [6, 6.07) is 0. The summed E-state index contributed by atoms with van der Waals surface area (Å²) in [5.41, 5.74) is -4.58. The maximum atomic E-state index is 12.9. The Morgan fingerprint density at radius 3 is 2.25 bits per heavy atom. The zero-order valence-electron chi connectivity index (χ0n) is 7.52. The van der Waals surface area contributed by atoms with Crippen LogP contribution in [0.4, 0.5) is 26.3 Å². The average molecular weight is 245 g/mol. The molecule has 0 fully saturated rings. The number of hydrogen-bond acceptors (Lipinski definition) is 2. The van der Waals surface area contributed by atoms with Gasteiger partial charge in [-0.1, -0.05) is 0 Å². The molecule has 2 nitrogen and oxygen atoms in total. The minimum atomic E-state index is -5.12. The van der Waals surface area contributed by atoms with E-state index < -0.39 is 41.8 Å². The molecule has 1 N–H and O–H groups in total. The quantitative estimate of drug-likeness (QED) is 0.812. The van der Waals surface area contributed by atoms with Crippen LogP contribution in [0.5, 0.6) is 0 Å². The molecule has 0 spiro atoms. The number of rotatable bonds is 2. The van der Waals surface area contributed by atoms with E-state index in [1.807, 2.05) is 0 Å². The van der Waals surface area contributed by atoms with Gasteiger partial charge in [0.05, 0.1) is 18.4 Å². The van der Waals surface area contributed by atoms with Gasteiger partial charge in [0, 0.05) is 5.56 Å². The van der Waals surface area contributed by atoms with Crippen LogP contribution < -0.4 is 0 Å². The summed E-state index contributed by atoms with van der Waals surface area (Å²) in [4.78, 5) is 2.59. The number of nitrogens with zero attached hydrogens (tertiary/aromatic N) is 1. The molecule has 16 heavy (non-hydrogen) atoms. The molecular weight excluding hydrogens is 240 g/mol. The van der Waals surface area contributed by atoms with E-state index in [9.17, 15) is 26.3 Å². The van der Waals surface area contributed by atoms with Crippen molar-refractivity contribution < 1.29 is 31.4 Å². The van der Waals surface area contributed by atoms with Gasteiger partial charge in [-0.05, 0) is 0 Å². The Morgan fingerprint density at radius 2 is 1.88 bits per heavy atom. The van der Waals surface area contributed by atoms with Crippen LogP contribution in [0.15, 0.2) is 6.20 Å². The van der Waals surface area contributed by atoms with Crippen LogP contribution >= 0.6 is 0 Å². The van der Waals surface area contributed by atoms with Crippen molar-refractivity contribution in [2.75, 3.05) is 0 Å². The summed E-state index contributed by atoms with van der Waals surface area (Å²) < 4.78 is 74.4. The number of hydrogen-bond donors (Lipinski definition) is 1. The molecule has 0 bridgehead atoms. The summed E-state index contributed by atoms with van der Waals surface area (Å²) in [7, 11) is 0. The maximum absolute atomic E-state index is 12.9. The van der Waals surface area contributed by atoms with E-state index in [4.69, 9.17) is 5.11 Å². The lowest BCUT2D eigenvalue weighted by Gasteiger charge is -2.14. The van der Waals surface area contributed by atoms with Crippen LogP contribution in [0, 0.1) is 5.82 Å². The first-order valence-electron chi connectivity index (χ1n) is 3.92. The second kappa shape index (κ2) is 4.28. The Bertz CT molecular complexity index is 389. The molecule has 0 amide bonds. The monoisotopic (exact) mass is 245 g/mol. The lowest BCUT2D eigenvalue weighted by Crippen LogP contribution is -2.16. The number of aliphatic hydroxyl groups is 1. The zero-order valence-corrected chi connectivity index (χ0v) is 7.52. The van der Waals surface area contributed by atoms with Gasteiger partial charge in [-0.15, -0.1) is 0 Å². The maximum Gasteiger partial charge on any atom is 0.433 e. The molecule has 0 saturated heterocycles. The van der Waals surface area contributed by atoms with E-state index in [1.54, 1.807) is 0 Å². The Kier molecular flexibility index (Phi) is 3.41. The Labute approximate surface area is 85.5 Å². The van der Waals surface area contributed by atoms with Crippen molar-refractivity contribution in [1.29, 1.82) is 0 Å². The van der Waals surface area contributed by atoms with Crippen LogP contribution in [0.2, 0.25) is 0 Å². The first-order valence-corrected chi connectivity index (χ1v) is 3.92. The van der Waals surface area contributed by atoms with Gasteiger partial charge in [-0.2, -0.15) is 13.2 Å². The number of alkyl halides is 5. The third kappa shape index (κ3) is 2.26. The molecule has 0 radical (unpaired) electrons. The molecule has 0 atom stereocenters. The van der Waals surface area contributed by atoms with Crippen LogP contribution in [-0.4, -0.2) is 10.1 Å². The topological polar surface area (TPSA) is 33.1 Å². The molecule has 1 rings (SSSR count). The normalized spacial score (nSPS) is 12.2. The molecule has 0 unspecified atom stereocenters. The van der Waals surface area contributed by atoms with Crippen LogP contribution in [0.3, 0.4) is 0 Å². The minimum Gasteiger partial charge on any atom is -0.392 e. The zero-order chi connectivity index (χ0) is 12.5. The summed E-state index contributed by atoms with van der Waals surface area (Å²) in [5, 5.41) is 8.57. The highest BCUT2D eigenvalue weighted by Gasteiger charge is 2.39. The van der Waals surface area contributed by atoms with Gasteiger partial charge in [0.15, 0.2) is 5.69 Å². The van der Waals surface area contributed by atoms with Gasteiger partial charge in [0.1, 0.15) is 5.82 Å². The molecule has 0 aliphatic carbocycles. The predicted octanol–water partition coefficient (Wildman–Crippen LogP) is 2.67. The van der Waals surface area contributed by atoms with Gasteiger partial charge in [-0.25, -0.2) is 18.2 Å². The number of aromatic nitrogens is 1. The van der Waals surface area contributed by atoms with Gasteiger partial charge in [-0.3, -0.25) is 0 Å². The second-order valence-electron chi connectivity index (χ2n) is 2.80. The third-order valence-corrected chi connectivity index (χ3v) is 1.82. The van der Waals surface area contributed by atoms with E-state index in [-0.39, 0.29) is 6.20 Å². The van der Waals surface area contributed by atoms with E-state index >= 15 is 0 Å². The number of pyridine rings is 1. The van der Waals surface area contributed by atoms with E-state index in [1.165, 1.54) is 0 Å². The van der Waals surface area contributed by atoms with E-state index in [2.05, 4.69) is 4.98 Å². The molecular formula is C8H5F6NO. The molecule has 1 aromatic rings. The van der Waals surface area contributed by atoms with Gasteiger partial charge < -0.3 is 5.11 Å². The van der Waals surface area contributed by atoms with Crippen LogP contribution in [0.25, 0.3) is 0 Å². The van der Waals surface area contributed by atoms with Crippen molar-refractivity contribution in [2.45, 2.75) is 19.2 Å². The van der Waals surface area contributed by atoms with Gasteiger partial charge in [0.2, 0.25) is 0 Å². The molecule has 0 saturated carbocycles. The van der Waals surface area contributed by atoms with Crippen LogP contribution in [0.1, 0.15) is 23.2 Å². The molecule has 0 aromatic carbocycles. The Morgan fingerprint density at radius 1 is 1.31 bits per heavy atom.